The molecule has 7 rings (SSSR count). The van der Waals surface area contributed by atoms with E-state index in [0.29, 0.717) is 57.5 Å². The number of hydrogen-bond donors (Lipinski definition) is 2. The van der Waals surface area contributed by atoms with Crippen LogP contribution >= 0.6 is 0 Å². The number of nitrogens with one attached hydrogen (secondary N) is 1. The van der Waals surface area contributed by atoms with Gasteiger partial charge in [-0.3, -0.25) is 4.90 Å². The molecule has 1 aliphatic carbocycles. The molecule has 3 atom stereocenters. The quantitative estimate of drug-likeness (QED) is 0.186. The zero-order chi connectivity index (χ0) is 37.2. The standard InChI is InChI=1S/C40H51F3N6O2Si/c1-24(2)52(25(3)4,26(5)6)16-12-31-30-11-14-40(50,17-27(30)9-10-33(31)42)36-34(43)35-32(37(47-36)48(7)29-19-44-20-29)21-45-38(46-35)51-23-39-13-8-15-49(39)22-28(41)18-39/h9-11,14,21,24-26,28-29,44,50H,8,13,15,17-20,22-23H2,1-7H3/t28-,39+,40?/m1/s1. The lowest BCUT2D eigenvalue weighted by Gasteiger charge is -2.38. The van der Waals surface area contributed by atoms with E-state index in [1.54, 1.807) is 12.1 Å². The van der Waals surface area contributed by atoms with Gasteiger partial charge in [-0.2, -0.15) is 4.98 Å². The Hall–Kier alpha value is -3.50. The zero-order valence-electron chi connectivity index (χ0n) is 31.4. The zero-order valence-corrected chi connectivity index (χ0v) is 32.4. The van der Waals surface area contributed by atoms with Crippen molar-refractivity contribution >= 4 is 30.9 Å². The molecule has 3 saturated heterocycles. The van der Waals surface area contributed by atoms with Gasteiger partial charge in [-0.05, 0) is 59.3 Å². The van der Waals surface area contributed by atoms with Crippen LogP contribution in [-0.4, -0.2) is 90.6 Å². The van der Waals surface area contributed by atoms with E-state index in [2.05, 4.69) is 73.2 Å². The molecule has 0 amide bonds. The topological polar surface area (TPSA) is 86.6 Å². The maximum absolute atomic E-state index is 16.9. The molecular weight excluding hydrogens is 682 g/mol. The van der Waals surface area contributed by atoms with Crippen LogP contribution in [0.5, 0.6) is 6.01 Å². The van der Waals surface area contributed by atoms with Gasteiger partial charge in [0.25, 0.3) is 0 Å². The smallest absolute Gasteiger partial charge is 0.317 e. The summed E-state index contributed by atoms with van der Waals surface area (Å²) < 4.78 is 52.9. The van der Waals surface area contributed by atoms with Gasteiger partial charge in [-0.1, -0.05) is 59.6 Å². The molecule has 0 spiro atoms. The van der Waals surface area contributed by atoms with Gasteiger partial charge in [0, 0.05) is 45.7 Å². The van der Waals surface area contributed by atoms with Gasteiger partial charge in [0.15, 0.2) is 5.82 Å². The molecule has 278 valence electrons. The summed E-state index contributed by atoms with van der Waals surface area (Å²) in [4.78, 5) is 17.9. The number of anilines is 1. The first-order valence-electron chi connectivity index (χ1n) is 18.8. The van der Waals surface area contributed by atoms with Crippen LogP contribution in [0.2, 0.25) is 16.6 Å². The molecule has 3 aromatic rings. The van der Waals surface area contributed by atoms with Crippen LogP contribution < -0.4 is 15.0 Å². The number of nitrogens with zero attached hydrogens (tertiary/aromatic N) is 5. The molecule has 4 aliphatic rings. The van der Waals surface area contributed by atoms with Gasteiger partial charge in [0.1, 0.15) is 49.3 Å². The van der Waals surface area contributed by atoms with E-state index in [0.717, 1.165) is 32.5 Å². The first kappa shape index (κ1) is 36.8. The highest BCUT2D eigenvalue weighted by molar-refractivity contribution is 6.90. The Bertz CT molecular complexity index is 1940. The van der Waals surface area contributed by atoms with Crippen LogP contribution in [0.25, 0.3) is 17.0 Å². The van der Waals surface area contributed by atoms with Crippen molar-refractivity contribution in [1.82, 2.24) is 25.2 Å². The number of ether oxygens (including phenoxy) is 1. The van der Waals surface area contributed by atoms with Crippen molar-refractivity contribution in [2.75, 3.05) is 44.7 Å². The fraction of sp³-hybridized carbons (Fsp3) is 0.575. The van der Waals surface area contributed by atoms with E-state index >= 15 is 8.78 Å². The number of alkyl halides is 1. The van der Waals surface area contributed by atoms with Crippen LogP contribution in [-0.2, 0) is 12.0 Å². The van der Waals surface area contributed by atoms with Crippen molar-refractivity contribution < 1.29 is 23.0 Å². The monoisotopic (exact) mass is 732 g/mol. The number of fused-ring (bicyclic) bond motifs is 3. The van der Waals surface area contributed by atoms with E-state index in [-0.39, 0.29) is 36.3 Å². The number of aromatic nitrogens is 3. The van der Waals surface area contributed by atoms with Gasteiger partial charge in [-0.15, -0.1) is 5.54 Å². The number of pyridine rings is 1. The van der Waals surface area contributed by atoms with Crippen LogP contribution in [0, 0.1) is 23.1 Å². The van der Waals surface area contributed by atoms with Gasteiger partial charge >= 0.3 is 6.01 Å². The first-order valence-corrected chi connectivity index (χ1v) is 21.0. The van der Waals surface area contributed by atoms with E-state index in [1.165, 1.54) is 18.3 Å². The lowest BCUT2D eigenvalue weighted by molar-refractivity contribution is 0.0804. The first-order chi connectivity index (χ1) is 24.7. The minimum Gasteiger partial charge on any atom is -0.461 e. The van der Waals surface area contributed by atoms with Crippen molar-refractivity contribution in [3.63, 3.8) is 0 Å². The molecule has 12 heteroatoms. The maximum atomic E-state index is 16.9. The van der Waals surface area contributed by atoms with E-state index < -0.39 is 37.0 Å². The highest BCUT2D eigenvalue weighted by Crippen LogP contribution is 2.43. The molecule has 5 heterocycles. The van der Waals surface area contributed by atoms with Crippen molar-refractivity contribution in [2.45, 2.75) is 107 Å². The third-order valence-corrected chi connectivity index (χ3v) is 18.8. The van der Waals surface area contributed by atoms with Crippen molar-refractivity contribution in [3.8, 4) is 17.5 Å². The van der Waals surface area contributed by atoms with Crippen molar-refractivity contribution in [3.05, 3.63) is 58.4 Å². The van der Waals surface area contributed by atoms with E-state index in [1.807, 2.05) is 11.9 Å². The summed E-state index contributed by atoms with van der Waals surface area (Å²) in [5, 5.41) is 15.9. The summed E-state index contributed by atoms with van der Waals surface area (Å²) in [5.41, 5.74) is 3.84. The number of likely N-dealkylation sites (N-methyl/N-ethyl adjacent to an activating group) is 1. The summed E-state index contributed by atoms with van der Waals surface area (Å²) in [5.74, 6) is 2.52. The number of aliphatic hydroxyl groups is 1. The number of hydrogen-bond acceptors (Lipinski definition) is 8. The van der Waals surface area contributed by atoms with Crippen LogP contribution in [0.4, 0.5) is 19.0 Å². The normalized spacial score (nSPS) is 24.7. The Kier molecular flexibility index (Phi) is 9.72. The lowest BCUT2D eigenvalue weighted by Crippen LogP contribution is -2.56. The lowest BCUT2D eigenvalue weighted by atomic mass is 9.81. The Morgan fingerprint density at radius 1 is 1.12 bits per heavy atom. The summed E-state index contributed by atoms with van der Waals surface area (Å²) >= 11 is 0. The fourth-order valence-electron chi connectivity index (χ4n) is 9.46. The SMILES string of the molecule is CC(C)[Si](C#Cc1c(F)ccc2c1C=CC(O)(c1nc(N(C)C3CNC3)c3cnc(OC[C@@]45CCCN4C[C@H](F)C5)nc3c1F)C2)(C(C)C)C(C)C. The molecule has 0 saturated carbocycles. The molecular formula is C40H51F3N6O2Si. The molecule has 2 N–H and O–H groups in total. The molecule has 52 heavy (non-hydrogen) atoms. The molecule has 1 aromatic carbocycles. The predicted octanol–water partition coefficient (Wildman–Crippen LogP) is 6.69. The minimum atomic E-state index is -2.16. The summed E-state index contributed by atoms with van der Waals surface area (Å²) in [6, 6.07) is 3.12. The van der Waals surface area contributed by atoms with Gasteiger partial charge in [0.05, 0.1) is 22.5 Å². The number of benzene rings is 1. The fourth-order valence-corrected chi connectivity index (χ4v) is 14.7. The average Bonchev–Trinajstić information content (AvgIpc) is 3.59. The third-order valence-electron chi connectivity index (χ3n) is 12.5. The van der Waals surface area contributed by atoms with Gasteiger partial charge in [-0.25, -0.2) is 23.1 Å². The summed E-state index contributed by atoms with van der Waals surface area (Å²) in [7, 11) is -0.270. The van der Waals surface area contributed by atoms with Crippen LogP contribution in [0.3, 0.4) is 0 Å². The van der Waals surface area contributed by atoms with Crippen LogP contribution in [0.15, 0.2) is 24.4 Å². The maximum Gasteiger partial charge on any atom is 0.317 e. The third kappa shape index (κ3) is 6.11. The second-order valence-corrected chi connectivity index (χ2v) is 22.0. The summed E-state index contributed by atoms with van der Waals surface area (Å²) in [6.45, 7) is 16.2. The Morgan fingerprint density at radius 2 is 1.85 bits per heavy atom. The molecule has 0 radical (unpaired) electrons. The molecule has 8 nitrogen and oxygen atoms in total. The Labute approximate surface area is 306 Å². The molecule has 3 aliphatic heterocycles. The molecule has 3 fully saturated rings. The number of rotatable bonds is 9. The second-order valence-electron chi connectivity index (χ2n) is 16.4. The van der Waals surface area contributed by atoms with E-state index in [4.69, 9.17) is 9.72 Å². The number of halogens is 3. The minimum absolute atomic E-state index is 0.00923. The Balaban J connectivity index is 1.28. The van der Waals surface area contributed by atoms with Crippen LogP contribution in [0.1, 0.15) is 83.2 Å². The molecule has 2 aromatic heterocycles. The summed E-state index contributed by atoms with van der Waals surface area (Å²) in [6.07, 6.45) is 5.92. The van der Waals surface area contributed by atoms with Gasteiger partial charge in [0.2, 0.25) is 0 Å². The van der Waals surface area contributed by atoms with Gasteiger partial charge < -0.3 is 20.1 Å². The van der Waals surface area contributed by atoms with Crippen molar-refractivity contribution in [1.29, 1.82) is 0 Å². The molecule has 1 unspecified atom stereocenters. The molecule has 0 bridgehead atoms. The largest absolute Gasteiger partial charge is 0.461 e. The Morgan fingerprint density at radius 3 is 2.52 bits per heavy atom. The predicted molar refractivity (Wildman–Crippen MR) is 202 cm³/mol. The highest BCUT2D eigenvalue weighted by atomic mass is 28.3. The van der Waals surface area contributed by atoms with E-state index in [9.17, 15) is 9.50 Å². The average molecular weight is 733 g/mol. The second kappa shape index (κ2) is 13.7. The van der Waals surface area contributed by atoms with Crippen molar-refractivity contribution in [2.24, 2.45) is 0 Å². The highest BCUT2D eigenvalue weighted by Gasteiger charge is 2.49.